The number of benzene rings is 2. The standard InChI is InChI=1S/C23H24N2OS/c26-21(25-22-24-16-17-27-22)23(14-8-3-9-15-23)20(18-10-4-1-5-11-18)19-12-6-2-7-13-19/h1-2,4-7,10-13,16-17,20H,3,8-9,14-15H2,(H,24,25,26). The number of nitrogens with one attached hydrogen (secondary N) is 1. The average Bonchev–Trinajstić information content (AvgIpc) is 3.23. The first kappa shape index (κ1) is 17.9. The van der Waals surface area contributed by atoms with E-state index in [1.54, 1.807) is 6.20 Å². The minimum Gasteiger partial charge on any atom is -0.301 e. The van der Waals surface area contributed by atoms with Crippen molar-refractivity contribution in [3.8, 4) is 0 Å². The lowest BCUT2D eigenvalue weighted by atomic mass is 9.61. The summed E-state index contributed by atoms with van der Waals surface area (Å²) in [4.78, 5) is 17.9. The second-order valence-electron chi connectivity index (χ2n) is 7.26. The van der Waals surface area contributed by atoms with Crippen LogP contribution in [0.4, 0.5) is 5.13 Å². The summed E-state index contributed by atoms with van der Waals surface area (Å²) >= 11 is 1.47. The zero-order valence-electron chi connectivity index (χ0n) is 15.3. The Balaban J connectivity index is 1.80. The highest BCUT2D eigenvalue weighted by Gasteiger charge is 2.47. The van der Waals surface area contributed by atoms with Crippen LogP contribution in [0, 0.1) is 5.41 Å². The predicted molar refractivity (Wildman–Crippen MR) is 111 cm³/mol. The van der Waals surface area contributed by atoms with Gasteiger partial charge < -0.3 is 5.32 Å². The molecule has 3 nitrogen and oxygen atoms in total. The Kier molecular flexibility index (Phi) is 5.35. The van der Waals surface area contributed by atoms with Gasteiger partial charge in [-0.15, -0.1) is 11.3 Å². The Morgan fingerprint density at radius 1 is 0.926 bits per heavy atom. The predicted octanol–water partition coefficient (Wildman–Crippen LogP) is 5.86. The maximum absolute atomic E-state index is 13.6. The van der Waals surface area contributed by atoms with Crippen LogP contribution < -0.4 is 5.32 Å². The van der Waals surface area contributed by atoms with Gasteiger partial charge in [0.05, 0.1) is 5.41 Å². The van der Waals surface area contributed by atoms with E-state index in [4.69, 9.17) is 0 Å². The Morgan fingerprint density at radius 2 is 1.52 bits per heavy atom. The van der Waals surface area contributed by atoms with Gasteiger partial charge in [-0.25, -0.2) is 4.98 Å². The van der Waals surface area contributed by atoms with Crippen molar-refractivity contribution in [3.63, 3.8) is 0 Å². The third-order valence-corrected chi connectivity index (χ3v) is 6.36. The van der Waals surface area contributed by atoms with Crippen molar-refractivity contribution in [3.05, 3.63) is 83.4 Å². The molecule has 1 aliphatic rings. The van der Waals surface area contributed by atoms with Crippen LogP contribution in [0.2, 0.25) is 0 Å². The third-order valence-electron chi connectivity index (χ3n) is 5.67. The first-order valence-electron chi connectivity index (χ1n) is 9.60. The summed E-state index contributed by atoms with van der Waals surface area (Å²) < 4.78 is 0. The largest absolute Gasteiger partial charge is 0.301 e. The Bertz CT molecular complexity index is 816. The summed E-state index contributed by atoms with van der Waals surface area (Å²) in [6.07, 6.45) is 6.91. The highest BCUT2D eigenvalue weighted by Crippen LogP contribution is 2.51. The Labute approximate surface area is 164 Å². The van der Waals surface area contributed by atoms with Crippen molar-refractivity contribution in [2.45, 2.75) is 38.0 Å². The van der Waals surface area contributed by atoms with Crippen LogP contribution >= 0.6 is 11.3 Å². The normalized spacial score (nSPS) is 16.2. The first-order chi connectivity index (χ1) is 13.3. The van der Waals surface area contributed by atoms with Crippen LogP contribution in [0.25, 0.3) is 0 Å². The lowest BCUT2D eigenvalue weighted by molar-refractivity contribution is -0.128. The molecule has 4 heteroatoms. The molecule has 0 aliphatic heterocycles. The second kappa shape index (κ2) is 8.05. The monoisotopic (exact) mass is 376 g/mol. The van der Waals surface area contributed by atoms with Gasteiger partial charge in [-0.2, -0.15) is 0 Å². The van der Waals surface area contributed by atoms with Gasteiger partial charge >= 0.3 is 0 Å². The molecule has 0 spiro atoms. The van der Waals surface area contributed by atoms with E-state index >= 15 is 0 Å². The highest BCUT2D eigenvalue weighted by atomic mass is 32.1. The van der Waals surface area contributed by atoms with Gasteiger partial charge in [0.25, 0.3) is 0 Å². The van der Waals surface area contributed by atoms with Crippen LogP contribution in [0.3, 0.4) is 0 Å². The van der Waals surface area contributed by atoms with Crippen LogP contribution in [0.1, 0.15) is 49.1 Å². The zero-order valence-corrected chi connectivity index (χ0v) is 16.1. The molecule has 1 aliphatic carbocycles. The summed E-state index contributed by atoms with van der Waals surface area (Å²) in [6, 6.07) is 21.0. The number of carbonyl (C=O) groups is 1. The van der Waals surface area contributed by atoms with Crippen molar-refractivity contribution >= 4 is 22.4 Å². The van der Waals surface area contributed by atoms with Gasteiger partial charge in [0.15, 0.2) is 5.13 Å². The van der Waals surface area contributed by atoms with Crippen LogP contribution in [0.5, 0.6) is 0 Å². The van der Waals surface area contributed by atoms with Gasteiger partial charge in [0.2, 0.25) is 5.91 Å². The Hall–Kier alpha value is -2.46. The van der Waals surface area contributed by atoms with Gasteiger partial charge in [-0.05, 0) is 24.0 Å². The van der Waals surface area contributed by atoms with Crippen molar-refractivity contribution in [2.24, 2.45) is 5.41 Å². The molecule has 138 valence electrons. The molecule has 0 atom stereocenters. The van der Waals surface area contributed by atoms with Crippen molar-refractivity contribution in [1.82, 2.24) is 4.98 Å². The lowest BCUT2D eigenvalue weighted by Gasteiger charge is -2.42. The van der Waals surface area contributed by atoms with Crippen molar-refractivity contribution < 1.29 is 4.79 Å². The molecule has 1 amide bonds. The maximum atomic E-state index is 13.6. The zero-order chi connectivity index (χ0) is 18.5. The van der Waals surface area contributed by atoms with Crippen LogP contribution in [0.15, 0.2) is 72.2 Å². The van der Waals surface area contributed by atoms with Crippen molar-refractivity contribution in [2.75, 3.05) is 5.32 Å². The number of anilines is 1. The molecule has 1 N–H and O–H groups in total. The van der Waals surface area contributed by atoms with Crippen LogP contribution in [-0.4, -0.2) is 10.9 Å². The van der Waals surface area contributed by atoms with E-state index in [0.717, 1.165) is 25.7 Å². The van der Waals surface area contributed by atoms with E-state index in [0.29, 0.717) is 5.13 Å². The van der Waals surface area contributed by atoms with E-state index in [9.17, 15) is 4.79 Å². The number of nitrogens with zero attached hydrogens (tertiary/aromatic N) is 1. The molecule has 2 aromatic carbocycles. The number of amides is 1. The molecular formula is C23H24N2OS. The van der Waals surface area contributed by atoms with Gasteiger partial charge in [-0.1, -0.05) is 79.9 Å². The fourth-order valence-electron chi connectivity index (χ4n) is 4.46. The molecule has 1 aromatic heterocycles. The molecule has 1 fully saturated rings. The molecule has 1 saturated carbocycles. The number of rotatable bonds is 5. The van der Waals surface area contributed by atoms with Crippen molar-refractivity contribution in [1.29, 1.82) is 0 Å². The van der Waals surface area contributed by atoms with E-state index in [1.807, 2.05) is 17.5 Å². The van der Waals surface area contributed by atoms with E-state index < -0.39 is 5.41 Å². The summed E-state index contributed by atoms with van der Waals surface area (Å²) in [7, 11) is 0. The molecule has 0 bridgehead atoms. The van der Waals surface area contributed by atoms with Gasteiger partial charge in [0, 0.05) is 17.5 Å². The lowest BCUT2D eigenvalue weighted by Crippen LogP contribution is -2.43. The highest BCUT2D eigenvalue weighted by molar-refractivity contribution is 7.13. The molecule has 1 heterocycles. The smallest absolute Gasteiger partial charge is 0.233 e. The molecule has 27 heavy (non-hydrogen) atoms. The topological polar surface area (TPSA) is 42.0 Å². The SMILES string of the molecule is O=C(Nc1nccs1)C1(C(c2ccccc2)c2ccccc2)CCCCC1. The number of thiazole rings is 1. The molecular weight excluding hydrogens is 352 g/mol. The Morgan fingerprint density at radius 3 is 2.04 bits per heavy atom. The number of hydrogen-bond acceptors (Lipinski definition) is 3. The summed E-state index contributed by atoms with van der Waals surface area (Å²) in [5, 5.41) is 5.70. The van der Waals surface area contributed by atoms with Gasteiger partial charge in [0.1, 0.15) is 0 Å². The average molecular weight is 377 g/mol. The first-order valence-corrected chi connectivity index (χ1v) is 10.5. The minimum atomic E-state index is -0.452. The van der Waals surface area contributed by atoms with E-state index in [2.05, 4.69) is 58.8 Å². The molecule has 0 unspecified atom stereocenters. The van der Waals surface area contributed by atoms with E-state index in [-0.39, 0.29) is 11.8 Å². The molecule has 4 rings (SSSR count). The molecule has 0 radical (unpaired) electrons. The number of aromatic nitrogens is 1. The quantitative estimate of drug-likeness (QED) is 0.605. The number of carbonyl (C=O) groups excluding carboxylic acids is 1. The third kappa shape index (κ3) is 3.67. The molecule has 0 saturated heterocycles. The summed E-state index contributed by atoms with van der Waals surface area (Å²) in [5.74, 6) is 0.148. The second-order valence-corrected chi connectivity index (χ2v) is 8.16. The fraction of sp³-hybridized carbons (Fsp3) is 0.304. The van der Waals surface area contributed by atoms with E-state index in [1.165, 1.54) is 28.9 Å². The summed E-state index contributed by atoms with van der Waals surface area (Å²) in [5.41, 5.74) is 1.96. The van der Waals surface area contributed by atoms with Gasteiger partial charge in [-0.3, -0.25) is 4.79 Å². The minimum absolute atomic E-state index is 0.0418. The maximum Gasteiger partial charge on any atom is 0.233 e. The number of hydrogen-bond donors (Lipinski definition) is 1. The molecule has 3 aromatic rings. The summed E-state index contributed by atoms with van der Waals surface area (Å²) in [6.45, 7) is 0. The fourth-order valence-corrected chi connectivity index (χ4v) is 4.98. The van der Waals surface area contributed by atoms with Crippen LogP contribution in [-0.2, 0) is 4.79 Å².